The van der Waals surface area contributed by atoms with Crippen LogP contribution in [0, 0.1) is 5.82 Å². The van der Waals surface area contributed by atoms with Crippen LogP contribution in [0.25, 0.3) is 0 Å². The summed E-state index contributed by atoms with van der Waals surface area (Å²) in [7, 11) is 0. The Bertz CT molecular complexity index is 762. The van der Waals surface area contributed by atoms with E-state index in [1.165, 1.54) is 24.4 Å². The number of hydrogen-bond acceptors (Lipinski definition) is 3. The van der Waals surface area contributed by atoms with Gasteiger partial charge in [0.2, 0.25) is 0 Å². The summed E-state index contributed by atoms with van der Waals surface area (Å²) in [6.07, 6.45) is 3.14. The number of aromatic nitrogens is 1. The summed E-state index contributed by atoms with van der Waals surface area (Å²) in [6.45, 7) is 1.71. The van der Waals surface area contributed by atoms with Gasteiger partial charge in [-0.05, 0) is 30.3 Å². The molecule has 0 N–H and O–H groups in total. The second kappa shape index (κ2) is 6.97. The van der Waals surface area contributed by atoms with Crippen molar-refractivity contribution in [3.8, 4) is 0 Å². The Balaban J connectivity index is 1.63. The number of pyridine rings is 1. The van der Waals surface area contributed by atoms with Crippen molar-refractivity contribution in [1.82, 2.24) is 14.8 Å². The first kappa shape index (κ1) is 16.4. The molecule has 24 heavy (non-hydrogen) atoms. The van der Waals surface area contributed by atoms with Gasteiger partial charge >= 0.3 is 0 Å². The number of rotatable bonds is 2. The quantitative estimate of drug-likeness (QED) is 0.838. The van der Waals surface area contributed by atoms with Crippen molar-refractivity contribution in [2.75, 3.05) is 26.2 Å². The zero-order chi connectivity index (χ0) is 17.1. The summed E-state index contributed by atoms with van der Waals surface area (Å²) >= 11 is 5.72. The summed E-state index contributed by atoms with van der Waals surface area (Å²) in [5.74, 6) is -0.870. The SMILES string of the molecule is O=C(c1cccnc1)N1CCN(C(=O)c2ccc(F)c(Cl)c2)CC1. The third kappa shape index (κ3) is 3.38. The highest BCUT2D eigenvalue weighted by atomic mass is 35.5. The Kier molecular flexibility index (Phi) is 4.76. The van der Waals surface area contributed by atoms with E-state index in [-0.39, 0.29) is 16.8 Å². The van der Waals surface area contributed by atoms with Crippen molar-refractivity contribution in [2.45, 2.75) is 0 Å². The zero-order valence-corrected chi connectivity index (χ0v) is 13.5. The average molecular weight is 348 g/mol. The van der Waals surface area contributed by atoms with E-state index in [0.717, 1.165) is 0 Å². The molecule has 124 valence electrons. The molecule has 0 saturated carbocycles. The number of amides is 2. The lowest BCUT2D eigenvalue weighted by molar-refractivity contribution is 0.0535. The molecule has 2 amide bonds. The van der Waals surface area contributed by atoms with Crippen molar-refractivity contribution in [3.05, 3.63) is 64.7 Å². The fraction of sp³-hybridized carbons (Fsp3) is 0.235. The molecule has 0 bridgehead atoms. The molecule has 1 aromatic carbocycles. The lowest BCUT2D eigenvalue weighted by atomic mass is 10.1. The van der Waals surface area contributed by atoms with Gasteiger partial charge in [-0.1, -0.05) is 11.6 Å². The standard InChI is InChI=1S/C17H15ClFN3O2/c18-14-10-12(3-4-15(14)19)16(23)21-6-8-22(9-7-21)17(24)13-2-1-5-20-11-13/h1-5,10-11H,6-9H2. The smallest absolute Gasteiger partial charge is 0.255 e. The van der Waals surface area contributed by atoms with Gasteiger partial charge in [0.15, 0.2) is 0 Å². The van der Waals surface area contributed by atoms with Gasteiger partial charge in [0.05, 0.1) is 10.6 Å². The minimum absolute atomic E-state index is 0.0776. The van der Waals surface area contributed by atoms with E-state index in [4.69, 9.17) is 11.6 Å². The highest BCUT2D eigenvalue weighted by molar-refractivity contribution is 6.31. The van der Waals surface area contributed by atoms with Gasteiger partial charge in [-0.25, -0.2) is 4.39 Å². The Labute approximate surface area is 143 Å². The summed E-state index contributed by atoms with van der Waals surface area (Å²) in [4.78, 5) is 32.1. The van der Waals surface area contributed by atoms with Gasteiger partial charge < -0.3 is 9.80 Å². The number of hydrogen-bond donors (Lipinski definition) is 0. The van der Waals surface area contributed by atoms with E-state index in [0.29, 0.717) is 37.3 Å². The molecule has 1 aromatic heterocycles. The predicted octanol–water partition coefficient (Wildman–Crippen LogP) is 2.47. The van der Waals surface area contributed by atoms with Crippen LogP contribution in [-0.4, -0.2) is 52.8 Å². The molecule has 5 nitrogen and oxygen atoms in total. The Morgan fingerprint density at radius 2 is 1.62 bits per heavy atom. The van der Waals surface area contributed by atoms with Crippen LogP contribution in [0.5, 0.6) is 0 Å². The molecule has 1 fully saturated rings. The van der Waals surface area contributed by atoms with E-state index in [1.54, 1.807) is 28.1 Å². The van der Waals surface area contributed by atoms with Crippen LogP contribution in [0.15, 0.2) is 42.7 Å². The molecule has 2 heterocycles. The average Bonchev–Trinajstić information content (AvgIpc) is 2.63. The molecule has 1 aliphatic heterocycles. The number of carbonyl (C=O) groups is 2. The second-order valence-electron chi connectivity index (χ2n) is 5.45. The van der Waals surface area contributed by atoms with Crippen LogP contribution in [0.2, 0.25) is 5.02 Å². The van der Waals surface area contributed by atoms with Crippen molar-refractivity contribution in [1.29, 1.82) is 0 Å². The molecule has 0 atom stereocenters. The van der Waals surface area contributed by atoms with Crippen LogP contribution in [-0.2, 0) is 0 Å². The third-order valence-electron chi connectivity index (χ3n) is 3.93. The van der Waals surface area contributed by atoms with Crippen LogP contribution in [0.1, 0.15) is 20.7 Å². The Morgan fingerprint density at radius 3 is 2.17 bits per heavy atom. The summed E-state index contributed by atoms with van der Waals surface area (Å²) < 4.78 is 13.2. The van der Waals surface area contributed by atoms with E-state index in [1.807, 2.05) is 0 Å². The predicted molar refractivity (Wildman–Crippen MR) is 87.5 cm³/mol. The molecule has 1 aliphatic rings. The number of piperazine rings is 1. The van der Waals surface area contributed by atoms with E-state index >= 15 is 0 Å². The molecule has 0 radical (unpaired) electrons. The van der Waals surface area contributed by atoms with Crippen LogP contribution < -0.4 is 0 Å². The number of benzene rings is 1. The van der Waals surface area contributed by atoms with Gasteiger partial charge in [0, 0.05) is 44.1 Å². The first-order chi connectivity index (χ1) is 11.6. The van der Waals surface area contributed by atoms with Crippen LogP contribution in [0.3, 0.4) is 0 Å². The maximum absolute atomic E-state index is 13.2. The summed E-state index contributed by atoms with van der Waals surface area (Å²) in [6, 6.07) is 7.35. The highest BCUT2D eigenvalue weighted by Gasteiger charge is 2.25. The normalized spacial score (nSPS) is 14.6. The summed E-state index contributed by atoms with van der Waals surface area (Å²) in [5.41, 5.74) is 0.871. The Morgan fingerprint density at radius 1 is 1.00 bits per heavy atom. The lowest BCUT2D eigenvalue weighted by Crippen LogP contribution is -2.50. The van der Waals surface area contributed by atoms with Crippen molar-refractivity contribution >= 4 is 23.4 Å². The van der Waals surface area contributed by atoms with Crippen molar-refractivity contribution in [3.63, 3.8) is 0 Å². The summed E-state index contributed by atoms with van der Waals surface area (Å²) in [5, 5.41) is -0.0776. The molecule has 7 heteroatoms. The fourth-order valence-electron chi connectivity index (χ4n) is 2.60. The van der Waals surface area contributed by atoms with Gasteiger partial charge in [0.25, 0.3) is 11.8 Å². The number of carbonyl (C=O) groups excluding carboxylic acids is 2. The highest BCUT2D eigenvalue weighted by Crippen LogP contribution is 2.18. The largest absolute Gasteiger partial charge is 0.335 e. The zero-order valence-electron chi connectivity index (χ0n) is 12.8. The molecule has 0 unspecified atom stereocenters. The van der Waals surface area contributed by atoms with Crippen molar-refractivity contribution in [2.24, 2.45) is 0 Å². The first-order valence-electron chi connectivity index (χ1n) is 7.50. The molecule has 0 spiro atoms. The molecular formula is C17H15ClFN3O2. The monoisotopic (exact) mass is 347 g/mol. The van der Waals surface area contributed by atoms with E-state index in [2.05, 4.69) is 4.98 Å². The van der Waals surface area contributed by atoms with E-state index in [9.17, 15) is 14.0 Å². The van der Waals surface area contributed by atoms with Crippen LogP contribution >= 0.6 is 11.6 Å². The van der Waals surface area contributed by atoms with Crippen LogP contribution in [0.4, 0.5) is 4.39 Å². The lowest BCUT2D eigenvalue weighted by Gasteiger charge is -2.34. The Hall–Kier alpha value is -2.47. The maximum Gasteiger partial charge on any atom is 0.255 e. The number of nitrogens with zero attached hydrogens (tertiary/aromatic N) is 3. The molecule has 3 rings (SSSR count). The number of halogens is 2. The van der Waals surface area contributed by atoms with Gasteiger partial charge in [-0.2, -0.15) is 0 Å². The molecule has 0 aliphatic carbocycles. The topological polar surface area (TPSA) is 53.5 Å². The first-order valence-corrected chi connectivity index (χ1v) is 7.87. The fourth-order valence-corrected chi connectivity index (χ4v) is 2.78. The van der Waals surface area contributed by atoms with Gasteiger partial charge in [-0.15, -0.1) is 0 Å². The van der Waals surface area contributed by atoms with Gasteiger partial charge in [0.1, 0.15) is 5.82 Å². The minimum Gasteiger partial charge on any atom is -0.335 e. The molecule has 1 saturated heterocycles. The minimum atomic E-state index is -0.555. The third-order valence-corrected chi connectivity index (χ3v) is 4.22. The van der Waals surface area contributed by atoms with E-state index < -0.39 is 5.82 Å². The molecule has 2 aromatic rings. The van der Waals surface area contributed by atoms with Gasteiger partial charge in [-0.3, -0.25) is 14.6 Å². The maximum atomic E-state index is 13.2. The second-order valence-corrected chi connectivity index (χ2v) is 5.86. The van der Waals surface area contributed by atoms with Crippen molar-refractivity contribution < 1.29 is 14.0 Å². The molecular weight excluding hydrogens is 333 g/mol.